The zero-order chi connectivity index (χ0) is 15.3. The van der Waals surface area contributed by atoms with Crippen molar-refractivity contribution in [2.75, 3.05) is 4.90 Å². The molecule has 1 N–H and O–H groups in total. The highest BCUT2D eigenvalue weighted by Gasteiger charge is 2.36. The number of H-pyrrole nitrogens is 1. The molecule has 0 spiro atoms. The van der Waals surface area contributed by atoms with Crippen LogP contribution >= 0.6 is 0 Å². The lowest BCUT2D eigenvalue weighted by molar-refractivity contribution is 0.0926. The van der Waals surface area contributed by atoms with E-state index in [-0.39, 0.29) is 17.4 Å². The van der Waals surface area contributed by atoms with E-state index in [0.717, 1.165) is 10.3 Å². The number of pyridine rings is 1. The number of carbonyl (C=O) groups is 2. The van der Waals surface area contributed by atoms with Crippen LogP contribution in [0.1, 0.15) is 20.7 Å². The SMILES string of the molecule is O=C1c2ccccc2C(=O)N1c1cccc2c[nH]c(=O)cc12. The second-order valence-corrected chi connectivity index (χ2v) is 5.07. The fourth-order valence-corrected chi connectivity index (χ4v) is 2.78. The lowest BCUT2D eigenvalue weighted by Crippen LogP contribution is -2.29. The van der Waals surface area contributed by atoms with Crippen molar-refractivity contribution in [2.24, 2.45) is 0 Å². The van der Waals surface area contributed by atoms with Crippen LogP contribution in [0.5, 0.6) is 0 Å². The second kappa shape index (κ2) is 4.39. The van der Waals surface area contributed by atoms with Crippen LogP contribution in [0.4, 0.5) is 5.69 Å². The van der Waals surface area contributed by atoms with Crippen LogP contribution in [-0.2, 0) is 0 Å². The van der Waals surface area contributed by atoms with Crippen molar-refractivity contribution in [1.82, 2.24) is 4.98 Å². The number of aromatic nitrogens is 1. The van der Waals surface area contributed by atoms with E-state index in [1.165, 1.54) is 6.07 Å². The van der Waals surface area contributed by atoms with E-state index in [4.69, 9.17) is 0 Å². The van der Waals surface area contributed by atoms with Gasteiger partial charge in [0.15, 0.2) is 0 Å². The van der Waals surface area contributed by atoms with Gasteiger partial charge < -0.3 is 4.98 Å². The molecule has 0 atom stereocenters. The smallest absolute Gasteiger partial charge is 0.266 e. The average Bonchev–Trinajstić information content (AvgIpc) is 2.79. The summed E-state index contributed by atoms with van der Waals surface area (Å²) < 4.78 is 0. The summed E-state index contributed by atoms with van der Waals surface area (Å²) in [6.45, 7) is 0. The Morgan fingerprint density at radius 1 is 0.818 bits per heavy atom. The number of hydrogen-bond donors (Lipinski definition) is 1. The Labute approximate surface area is 124 Å². The minimum atomic E-state index is -0.367. The van der Waals surface area contributed by atoms with Gasteiger partial charge >= 0.3 is 0 Å². The molecule has 0 saturated carbocycles. The predicted molar refractivity (Wildman–Crippen MR) is 82.2 cm³/mol. The molecule has 2 amide bonds. The molecule has 2 heterocycles. The quantitative estimate of drug-likeness (QED) is 0.699. The highest BCUT2D eigenvalue weighted by Crippen LogP contribution is 2.32. The molecule has 106 valence electrons. The highest BCUT2D eigenvalue weighted by molar-refractivity contribution is 6.35. The minimum absolute atomic E-state index is 0.281. The number of nitrogens with zero attached hydrogens (tertiary/aromatic N) is 1. The molecule has 0 bridgehead atoms. The fourth-order valence-electron chi connectivity index (χ4n) is 2.78. The molecule has 22 heavy (non-hydrogen) atoms. The van der Waals surface area contributed by atoms with Crippen LogP contribution in [0.15, 0.2) is 59.5 Å². The number of aromatic amines is 1. The van der Waals surface area contributed by atoms with E-state index in [9.17, 15) is 14.4 Å². The zero-order valence-electron chi connectivity index (χ0n) is 11.4. The lowest BCUT2D eigenvalue weighted by atomic mass is 10.1. The number of imide groups is 1. The number of hydrogen-bond acceptors (Lipinski definition) is 3. The highest BCUT2D eigenvalue weighted by atomic mass is 16.2. The van der Waals surface area contributed by atoms with Crippen molar-refractivity contribution in [1.29, 1.82) is 0 Å². The van der Waals surface area contributed by atoms with Crippen molar-refractivity contribution >= 4 is 28.3 Å². The molecule has 5 nitrogen and oxygen atoms in total. The summed E-state index contributed by atoms with van der Waals surface area (Å²) in [5.74, 6) is -0.734. The van der Waals surface area contributed by atoms with Crippen LogP contribution in [-0.4, -0.2) is 16.8 Å². The van der Waals surface area contributed by atoms with Crippen LogP contribution < -0.4 is 10.5 Å². The summed E-state index contributed by atoms with van der Waals surface area (Å²) in [7, 11) is 0. The van der Waals surface area contributed by atoms with Gasteiger partial charge in [0, 0.05) is 23.0 Å². The number of carbonyl (C=O) groups excluding carboxylic acids is 2. The van der Waals surface area contributed by atoms with Gasteiger partial charge in [-0.1, -0.05) is 24.3 Å². The molecule has 5 heteroatoms. The molecule has 0 radical (unpaired) electrons. The number of rotatable bonds is 1. The third-order valence-electron chi connectivity index (χ3n) is 3.80. The standard InChI is InChI=1S/C17H10N2O3/c20-15-8-13-10(9-18-15)4-3-7-14(13)19-16(21)11-5-1-2-6-12(11)17(19)22/h1-9H,(H,18,20). The van der Waals surface area contributed by atoms with Crippen molar-refractivity contribution < 1.29 is 9.59 Å². The van der Waals surface area contributed by atoms with E-state index in [1.807, 2.05) is 6.07 Å². The topological polar surface area (TPSA) is 70.2 Å². The molecule has 0 fully saturated rings. The molecule has 1 aliphatic rings. The molecule has 4 rings (SSSR count). The van der Waals surface area contributed by atoms with Crippen molar-refractivity contribution in [2.45, 2.75) is 0 Å². The van der Waals surface area contributed by atoms with Gasteiger partial charge in [0.2, 0.25) is 5.56 Å². The van der Waals surface area contributed by atoms with Gasteiger partial charge in [0.05, 0.1) is 16.8 Å². The van der Waals surface area contributed by atoms with Gasteiger partial charge in [-0.05, 0) is 18.2 Å². The molecular formula is C17H10N2O3. The van der Waals surface area contributed by atoms with Crippen molar-refractivity contribution in [3.05, 3.63) is 76.2 Å². The lowest BCUT2D eigenvalue weighted by Gasteiger charge is -2.16. The van der Waals surface area contributed by atoms with Crippen molar-refractivity contribution in [3.63, 3.8) is 0 Å². The fraction of sp³-hybridized carbons (Fsp3) is 0. The van der Waals surface area contributed by atoms with Gasteiger partial charge in [-0.3, -0.25) is 14.4 Å². The normalized spacial score (nSPS) is 13.7. The summed E-state index contributed by atoms with van der Waals surface area (Å²) in [5.41, 5.74) is 0.912. The first kappa shape index (κ1) is 12.5. The molecule has 0 aliphatic carbocycles. The Bertz CT molecular complexity index is 969. The Morgan fingerprint density at radius 2 is 1.50 bits per heavy atom. The Kier molecular flexibility index (Phi) is 2.50. The summed E-state index contributed by atoms with van der Waals surface area (Å²) in [4.78, 5) is 40.4. The number of fused-ring (bicyclic) bond motifs is 2. The van der Waals surface area contributed by atoms with Crippen LogP contribution in [0.3, 0.4) is 0 Å². The number of benzene rings is 2. The Hall–Kier alpha value is -3.21. The third-order valence-corrected chi connectivity index (χ3v) is 3.80. The Morgan fingerprint density at radius 3 is 2.18 bits per heavy atom. The van der Waals surface area contributed by atoms with Gasteiger partial charge in [-0.25, -0.2) is 4.90 Å². The van der Waals surface area contributed by atoms with Crippen LogP contribution in [0.2, 0.25) is 0 Å². The van der Waals surface area contributed by atoms with Gasteiger partial charge in [0.1, 0.15) is 0 Å². The van der Waals surface area contributed by atoms with Gasteiger partial charge in [-0.15, -0.1) is 0 Å². The maximum atomic E-state index is 12.6. The first-order chi connectivity index (χ1) is 10.7. The molecule has 1 aliphatic heterocycles. The van der Waals surface area contributed by atoms with E-state index in [0.29, 0.717) is 22.2 Å². The first-order valence-electron chi connectivity index (χ1n) is 6.76. The summed E-state index contributed by atoms with van der Waals surface area (Å²) in [5, 5.41) is 1.33. The molecular weight excluding hydrogens is 280 g/mol. The van der Waals surface area contributed by atoms with Crippen molar-refractivity contribution in [3.8, 4) is 0 Å². The molecule has 1 aromatic heterocycles. The Balaban J connectivity index is 1.98. The largest absolute Gasteiger partial charge is 0.328 e. The summed E-state index contributed by atoms with van der Waals surface area (Å²) in [6, 6.07) is 13.3. The number of anilines is 1. The molecule has 2 aromatic carbocycles. The summed E-state index contributed by atoms with van der Waals surface area (Å²) in [6.07, 6.45) is 1.57. The third kappa shape index (κ3) is 1.62. The average molecular weight is 290 g/mol. The predicted octanol–water partition coefficient (Wildman–Crippen LogP) is 2.33. The van der Waals surface area contributed by atoms with Gasteiger partial charge in [-0.2, -0.15) is 0 Å². The minimum Gasteiger partial charge on any atom is -0.328 e. The first-order valence-corrected chi connectivity index (χ1v) is 6.76. The van der Waals surface area contributed by atoms with E-state index in [2.05, 4.69) is 4.98 Å². The molecule has 0 saturated heterocycles. The summed E-state index contributed by atoms with van der Waals surface area (Å²) >= 11 is 0. The second-order valence-electron chi connectivity index (χ2n) is 5.07. The number of amides is 2. The van der Waals surface area contributed by atoms with E-state index in [1.54, 1.807) is 42.6 Å². The monoisotopic (exact) mass is 290 g/mol. The van der Waals surface area contributed by atoms with E-state index >= 15 is 0 Å². The van der Waals surface area contributed by atoms with Crippen LogP contribution in [0, 0.1) is 0 Å². The van der Waals surface area contributed by atoms with Gasteiger partial charge in [0.25, 0.3) is 11.8 Å². The molecule has 3 aromatic rings. The number of nitrogens with one attached hydrogen (secondary N) is 1. The zero-order valence-corrected chi connectivity index (χ0v) is 11.4. The van der Waals surface area contributed by atoms with E-state index < -0.39 is 0 Å². The molecule has 0 unspecified atom stereocenters. The maximum Gasteiger partial charge on any atom is 0.266 e. The van der Waals surface area contributed by atoms with Crippen LogP contribution in [0.25, 0.3) is 10.8 Å². The maximum absolute atomic E-state index is 12.6.